The molecular weight excluding hydrogens is 595 g/mol. The van der Waals surface area contributed by atoms with Gasteiger partial charge in [0.05, 0.1) is 59.9 Å². The first kappa shape index (κ1) is 34.1. The van der Waals surface area contributed by atoms with Gasteiger partial charge in [0, 0.05) is 17.5 Å². The molecule has 2 aromatic carbocycles. The molecule has 1 aliphatic carbocycles. The Morgan fingerprint density at radius 2 is 1.73 bits per heavy atom. The molecule has 44 heavy (non-hydrogen) atoms. The van der Waals surface area contributed by atoms with Crippen molar-refractivity contribution < 1.29 is 33.0 Å². The molecule has 0 amide bonds. The second-order valence-electron chi connectivity index (χ2n) is 13.0. The fourth-order valence-electron chi connectivity index (χ4n) is 5.41. The van der Waals surface area contributed by atoms with Crippen LogP contribution < -0.4 is 9.47 Å². The average molecular weight is 642 g/mol. The van der Waals surface area contributed by atoms with Gasteiger partial charge >= 0.3 is 5.97 Å². The van der Waals surface area contributed by atoms with Crippen LogP contribution in [0.15, 0.2) is 24.3 Å². The van der Waals surface area contributed by atoms with Crippen molar-refractivity contribution >= 4 is 42.1 Å². The van der Waals surface area contributed by atoms with Crippen LogP contribution >= 0.6 is 11.3 Å². The van der Waals surface area contributed by atoms with Crippen molar-refractivity contribution in [2.75, 3.05) is 20.8 Å². The Kier molecular flexibility index (Phi) is 10.9. The highest BCUT2D eigenvalue weighted by Gasteiger charge is 2.43. The topological polar surface area (TPSA) is 93.2 Å². The third-order valence-electron chi connectivity index (χ3n) is 8.91. The van der Waals surface area contributed by atoms with Crippen LogP contribution in [0.4, 0.5) is 0 Å². The zero-order valence-electron chi connectivity index (χ0n) is 27.6. The number of rotatable bonds is 13. The molecule has 1 aliphatic rings. The van der Waals surface area contributed by atoms with Gasteiger partial charge in [-0.1, -0.05) is 33.6 Å². The van der Waals surface area contributed by atoms with Gasteiger partial charge in [0.2, 0.25) is 0 Å². The molecule has 1 fully saturated rings. The van der Waals surface area contributed by atoms with Crippen LogP contribution in [-0.2, 0) is 20.3 Å². The highest BCUT2D eigenvalue weighted by molar-refractivity contribution is 7.18. The Bertz CT molecular complexity index is 1450. The van der Waals surface area contributed by atoms with Crippen LogP contribution in [-0.4, -0.2) is 58.6 Å². The van der Waals surface area contributed by atoms with Crippen molar-refractivity contribution in [3.63, 3.8) is 0 Å². The third-order valence-corrected chi connectivity index (χ3v) is 14.4. The predicted octanol–water partition coefficient (Wildman–Crippen LogP) is 8.24. The van der Waals surface area contributed by atoms with E-state index in [4.69, 9.17) is 28.4 Å². The van der Waals surface area contributed by atoms with E-state index in [0.29, 0.717) is 23.1 Å². The van der Waals surface area contributed by atoms with Crippen LogP contribution in [0.3, 0.4) is 0 Å². The smallest absolute Gasteiger partial charge is 0.340 e. The highest BCUT2D eigenvalue weighted by atomic mass is 32.1. The van der Waals surface area contributed by atoms with Gasteiger partial charge in [0.1, 0.15) is 17.8 Å². The molecule has 0 N–H and O–H groups in total. The van der Waals surface area contributed by atoms with Crippen LogP contribution in [0.5, 0.6) is 11.5 Å². The molecule has 1 saturated carbocycles. The number of carbonyl (C=O) groups is 2. The van der Waals surface area contributed by atoms with Crippen molar-refractivity contribution in [1.82, 2.24) is 4.98 Å². The zero-order chi connectivity index (χ0) is 32.2. The van der Waals surface area contributed by atoms with Gasteiger partial charge < -0.3 is 23.4 Å². The number of ether oxygens (including phenoxy) is 4. The van der Waals surface area contributed by atoms with Crippen LogP contribution in [0.25, 0.3) is 10.2 Å². The second-order valence-corrected chi connectivity index (χ2v) is 18.9. The number of benzene rings is 2. The lowest BCUT2D eigenvalue weighted by Crippen LogP contribution is -2.45. The maximum absolute atomic E-state index is 12.8. The Balaban J connectivity index is 1.86. The number of nitrogens with zero attached hydrogens (tertiary/aromatic N) is 1. The fraction of sp³-hybridized carbons (Fsp3) is 0.559. The van der Waals surface area contributed by atoms with E-state index in [1.165, 1.54) is 11.3 Å². The molecule has 4 rings (SSSR count). The number of carbonyl (C=O) groups excluding carboxylic acids is 2. The van der Waals surface area contributed by atoms with Crippen molar-refractivity contribution in [2.24, 2.45) is 0 Å². The summed E-state index contributed by atoms with van der Waals surface area (Å²) >= 11 is 1.47. The lowest BCUT2D eigenvalue weighted by atomic mass is 9.99. The Labute approximate surface area is 266 Å². The lowest BCUT2D eigenvalue weighted by molar-refractivity contribution is -0.0704. The molecule has 2 atom stereocenters. The van der Waals surface area contributed by atoms with E-state index in [1.54, 1.807) is 33.3 Å². The van der Waals surface area contributed by atoms with Crippen LogP contribution in [0.1, 0.15) is 96.3 Å². The quantitative estimate of drug-likeness (QED) is 0.105. The minimum Gasteiger partial charge on any atom is -0.496 e. The van der Waals surface area contributed by atoms with Crippen molar-refractivity contribution in [1.29, 1.82) is 0 Å². The van der Waals surface area contributed by atoms with Gasteiger partial charge in [-0.2, -0.15) is 0 Å². The molecule has 1 heterocycles. The molecule has 0 saturated heterocycles. The SMILES string of the molecule is CCOC(=O)c1cc(C=O)cc2sc(C[C@H](OC3CCCC3)[C@H](O[Si](C)(C)C(C)(C)C)c3cc(OC)c(C)c(OC)c3)nc12. The number of aldehydes is 1. The summed E-state index contributed by atoms with van der Waals surface area (Å²) in [5.74, 6) is 0.960. The summed E-state index contributed by atoms with van der Waals surface area (Å²) in [5, 5.41) is 0.754. The molecular formula is C34H47NO7SSi. The fourth-order valence-corrected chi connectivity index (χ4v) is 7.77. The number of fused-ring (bicyclic) bond motifs is 1. The molecule has 0 aliphatic heterocycles. The standard InChI is InChI=1S/C34H47NO7SSi/c1-10-40-33(37)25-15-22(20-36)16-29-31(25)35-30(43-29)19-28(41-24-13-11-12-14-24)32(42-44(8,9)34(3,4)5)23-17-26(38-6)21(2)27(18-23)39-7/h15-18,20,24,28,32H,10-14,19H2,1-9H3/t28-,32+/m0/s1. The number of thiazole rings is 1. The molecule has 0 spiro atoms. The van der Waals surface area contributed by atoms with Crippen molar-refractivity contribution in [3.05, 3.63) is 51.5 Å². The monoisotopic (exact) mass is 641 g/mol. The first-order chi connectivity index (χ1) is 20.8. The molecule has 0 bridgehead atoms. The van der Waals surface area contributed by atoms with Gasteiger partial charge in [-0.15, -0.1) is 11.3 Å². The normalized spacial score (nSPS) is 15.8. The molecule has 240 valence electrons. The van der Waals surface area contributed by atoms with E-state index in [9.17, 15) is 9.59 Å². The number of hydrogen-bond acceptors (Lipinski definition) is 9. The van der Waals surface area contributed by atoms with Gasteiger partial charge in [-0.25, -0.2) is 9.78 Å². The van der Waals surface area contributed by atoms with E-state index in [-0.39, 0.29) is 23.9 Å². The molecule has 10 heteroatoms. The average Bonchev–Trinajstić information content (AvgIpc) is 3.64. The van der Waals surface area contributed by atoms with Crippen molar-refractivity contribution in [2.45, 2.75) is 103 Å². The number of aromatic nitrogens is 1. The second kappa shape index (κ2) is 14.1. The first-order valence-electron chi connectivity index (χ1n) is 15.4. The third kappa shape index (κ3) is 7.53. The number of methoxy groups -OCH3 is 2. The van der Waals surface area contributed by atoms with Gasteiger partial charge in [0.15, 0.2) is 8.32 Å². The summed E-state index contributed by atoms with van der Waals surface area (Å²) in [5.41, 5.74) is 3.08. The Hall–Kier alpha value is -2.79. The van der Waals surface area contributed by atoms with Crippen molar-refractivity contribution in [3.8, 4) is 11.5 Å². The summed E-state index contributed by atoms with van der Waals surface area (Å²) in [6, 6.07) is 7.40. The van der Waals surface area contributed by atoms with Crippen LogP contribution in [0, 0.1) is 6.92 Å². The summed E-state index contributed by atoms with van der Waals surface area (Å²) in [4.78, 5) is 29.5. The van der Waals surface area contributed by atoms with Gasteiger partial charge in [-0.05, 0) is 74.7 Å². The molecule has 3 aromatic rings. The lowest BCUT2D eigenvalue weighted by Gasteiger charge is -2.42. The Morgan fingerprint density at radius 1 is 1.09 bits per heavy atom. The van der Waals surface area contributed by atoms with Crippen LogP contribution in [0.2, 0.25) is 18.1 Å². The summed E-state index contributed by atoms with van der Waals surface area (Å²) in [6.07, 6.45) is 4.79. The summed E-state index contributed by atoms with van der Waals surface area (Å²) < 4.78 is 31.8. The van der Waals surface area contributed by atoms with E-state index in [2.05, 4.69) is 33.9 Å². The molecule has 8 nitrogen and oxygen atoms in total. The Morgan fingerprint density at radius 3 is 2.27 bits per heavy atom. The molecule has 0 unspecified atom stereocenters. The summed E-state index contributed by atoms with van der Waals surface area (Å²) in [7, 11) is 1.02. The molecule has 1 aromatic heterocycles. The minimum atomic E-state index is -2.31. The largest absolute Gasteiger partial charge is 0.496 e. The number of esters is 1. The molecule has 0 radical (unpaired) electrons. The van der Waals surface area contributed by atoms with E-state index in [0.717, 1.165) is 64.3 Å². The van der Waals surface area contributed by atoms with E-state index in [1.807, 2.05) is 19.1 Å². The minimum absolute atomic E-state index is 0.0440. The predicted molar refractivity (Wildman–Crippen MR) is 177 cm³/mol. The zero-order valence-corrected chi connectivity index (χ0v) is 29.4. The van der Waals surface area contributed by atoms with Gasteiger partial charge in [0.25, 0.3) is 0 Å². The first-order valence-corrected chi connectivity index (χ1v) is 19.2. The van der Waals surface area contributed by atoms with E-state index >= 15 is 0 Å². The maximum atomic E-state index is 12.8. The van der Waals surface area contributed by atoms with E-state index < -0.39 is 20.4 Å². The maximum Gasteiger partial charge on any atom is 0.340 e. The number of hydrogen-bond donors (Lipinski definition) is 0. The van der Waals surface area contributed by atoms with Gasteiger partial charge in [-0.3, -0.25) is 4.79 Å². The highest BCUT2D eigenvalue weighted by Crippen LogP contribution is 2.44. The summed E-state index contributed by atoms with van der Waals surface area (Å²) in [6.45, 7) is 15.2.